The van der Waals surface area contributed by atoms with Gasteiger partial charge in [-0.3, -0.25) is 4.79 Å². The fourth-order valence-corrected chi connectivity index (χ4v) is 2.29. The van der Waals surface area contributed by atoms with Gasteiger partial charge in [-0.05, 0) is 49.2 Å². The highest BCUT2D eigenvalue weighted by molar-refractivity contribution is 6.05. The lowest BCUT2D eigenvalue weighted by atomic mass is 10.1. The molecule has 2 rings (SSSR count). The Morgan fingerprint density at radius 3 is 2.56 bits per heavy atom. The number of rotatable bonds is 8. The number of nitrogens with two attached hydrogens (primary N) is 1. The lowest BCUT2D eigenvalue weighted by Gasteiger charge is -2.13. The summed E-state index contributed by atoms with van der Waals surface area (Å²) in [5.41, 5.74) is 9.63. The van der Waals surface area contributed by atoms with Crippen LogP contribution in [0.3, 0.4) is 0 Å². The summed E-state index contributed by atoms with van der Waals surface area (Å²) in [6.07, 6.45) is 0. The first-order chi connectivity index (χ1) is 11.6. The fourth-order valence-electron chi connectivity index (χ4n) is 2.29. The Labute approximate surface area is 154 Å². The molecule has 0 unspecified atom stereocenters. The molecule has 0 aliphatic heterocycles. The monoisotopic (exact) mass is 364 g/mol. The van der Waals surface area contributed by atoms with Crippen molar-refractivity contribution in [3.8, 4) is 0 Å². The van der Waals surface area contributed by atoms with Crippen molar-refractivity contribution in [2.45, 2.75) is 20.5 Å². The van der Waals surface area contributed by atoms with E-state index in [0.29, 0.717) is 37.7 Å². The van der Waals surface area contributed by atoms with Crippen molar-refractivity contribution >= 4 is 29.7 Å². The molecule has 2 aromatic carbocycles. The molecule has 0 aliphatic rings. The van der Waals surface area contributed by atoms with Gasteiger partial charge in [0.15, 0.2) is 0 Å². The molecular formula is C19H25ClN2O3. The molecule has 6 heteroatoms. The zero-order valence-electron chi connectivity index (χ0n) is 14.6. The first-order valence-corrected chi connectivity index (χ1v) is 8.02. The molecule has 0 atom stereocenters. The Hall–Kier alpha value is -2.08. The maximum atomic E-state index is 12.3. The molecule has 0 radical (unpaired) electrons. The van der Waals surface area contributed by atoms with Crippen molar-refractivity contribution in [3.63, 3.8) is 0 Å². The summed E-state index contributed by atoms with van der Waals surface area (Å²) in [5.74, 6) is -0.181. The second-order valence-corrected chi connectivity index (χ2v) is 5.42. The van der Waals surface area contributed by atoms with Crippen LogP contribution in [0.25, 0.3) is 0 Å². The van der Waals surface area contributed by atoms with E-state index < -0.39 is 0 Å². The first kappa shape index (κ1) is 21.0. The molecule has 0 bridgehead atoms. The summed E-state index contributed by atoms with van der Waals surface area (Å²) in [7, 11) is 0. The van der Waals surface area contributed by atoms with Gasteiger partial charge in [-0.1, -0.05) is 18.2 Å². The van der Waals surface area contributed by atoms with Crippen molar-refractivity contribution in [2.75, 3.05) is 30.9 Å². The molecule has 136 valence electrons. The van der Waals surface area contributed by atoms with E-state index in [1.165, 1.54) is 0 Å². The highest BCUT2D eigenvalue weighted by Gasteiger charge is 2.10. The minimum Gasteiger partial charge on any atom is -0.399 e. The summed E-state index contributed by atoms with van der Waals surface area (Å²) in [4.78, 5) is 12.3. The molecule has 0 aliphatic carbocycles. The average molecular weight is 365 g/mol. The number of carbonyl (C=O) groups is 1. The highest BCUT2D eigenvalue weighted by Crippen LogP contribution is 2.21. The van der Waals surface area contributed by atoms with Gasteiger partial charge in [0.25, 0.3) is 5.91 Å². The summed E-state index contributed by atoms with van der Waals surface area (Å²) < 4.78 is 10.9. The number of hydrogen-bond donors (Lipinski definition) is 2. The number of ether oxygens (including phenoxy) is 2. The van der Waals surface area contributed by atoms with E-state index in [1.807, 2.05) is 32.0 Å². The summed E-state index contributed by atoms with van der Waals surface area (Å²) in [6, 6.07) is 12.7. The predicted octanol–water partition coefficient (Wildman–Crippen LogP) is 3.80. The van der Waals surface area contributed by atoms with Gasteiger partial charge in [-0.15, -0.1) is 12.4 Å². The molecule has 0 aromatic heterocycles. The van der Waals surface area contributed by atoms with Gasteiger partial charge in [-0.25, -0.2) is 0 Å². The molecule has 0 saturated heterocycles. The Kier molecular flexibility index (Phi) is 8.99. The van der Waals surface area contributed by atoms with Crippen molar-refractivity contribution < 1.29 is 14.3 Å². The van der Waals surface area contributed by atoms with Crippen LogP contribution in [0.4, 0.5) is 11.4 Å². The topological polar surface area (TPSA) is 73.6 Å². The molecule has 25 heavy (non-hydrogen) atoms. The lowest BCUT2D eigenvalue weighted by Crippen LogP contribution is -2.14. The van der Waals surface area contributed by atoms with E-state index in [0.717, 1.165) is 16.8 Å². The van der Waals surface area contributed by atoms with E-state index >= 15 is 0 Å². The van der Waals surface area contributed by atoms with Crippen LogP contribution in [-0.4, -0.2) is 25.7 Å². The molecule has 3 N–H and O–H groups in total. The van der Waals surface area contributed by atoms with Gasteiger partial charge in [0, 0.05) is 23.5 Å². The minimum absolute atomic E-state index is 0. The fraction of sp³-hybridized carbons (Fsp3) is 0.316. The van der Waals surface area contributed by atoms with Crippen LogP contribution < -0.4 is 11.1 Å². The van der Waals surface area contributed by atoms with Crippen LogP contribution in [0.1, 0.15) is 28.4 Å². The smallest absolute Gasteiger partial charge is 0.255 e. The van der Waals surface area contributed by atoms with Gasteiger partial charge in [0.2, 0.25) is 0 Å². The zero-order valence-corrected chi connectivity index (χ0v) is 15.4. The number of carbonyl (C=O) groups excluding carboxylic acids is 1. The molecule has 1 amide bonds. The Morgan fingerprint density at radius 1 is 1.12 bits per heavy atom. The third kappa shape index (κ3) is 6.38. The van der Waals surface area contributed by atoms with E-state index in [2.05, 4.69) is 5.32 Å². The number of benzene rings is 2. The average Bonchev–Trinajstić information content (AvgIpc) is 2.57. The van der Waals surface area contributed by atoms with Crippen molar-refractivity contribution in [3.05, 3.63) is 59.2 Å². The molecule has 2 aromatic rings. The Morgan fingerprint density at radius 2 is 1.84 bits per heavy atom. The van der Waals surface area contributed by atoms with Crippen molar-refractivity contribution in [1.29, 1.82) is 0 Å². The van der Waals surface area contributed by atoms with Crippen LogP contribution >= 0.6 is 12.4 Å². The number of halogens is 1. The standard InChI is InChI=1S/C19H24N2O3.ClH/c1-3-23-10-11-24-13-16-7-5-9-18(14(16)2)21-19(22)15-6-4-8-17(20)12-15;/h4-9,12H,3,10-11,13,20H2,1-2H3,(H,21,22);1H. The molecule has 5 nitrogen and oxygen atoms in total. The van der Waals surface area contributed by atoms with Crippen LogP contribution in [0.15, 0.2) is 42.5 Å². The van der Waals surface area contributed by atoms with E-state index in [4.69, 9.17) is 15.2 Å². The van der Waals surface area contributed by atoms with Crippen LogP contribution in [0.2, 0.25) is 0 Å². The number of hydrogen-bond acceptors (Lipinski definition) is 4. The van der Waals surface area contributed by atoms with E-state index in [9.17, 15) is 4.79 Å². The summed E-state index contributed by atoms with van der Waals surface area (Å²) in [5, 5.41) is 2.93. The molecular weight excluding hydrogens is 340 g/mol. The van der Waals surface area contributed by atoms with E-state index in [-0.39, 0.29) is 18.3 Å². The van der Waals surface area contributed by atoms with Gasteiger partial charge in [-0.2, -0.15) is 0 Å². The maximum Gasteiger partial charge on any atom is 0.255 e. The lowest BCUT2D eigenvalue weighted by molar-refractivity contribution is 0.0451. The van der Waals surface area contributed by atoms with E-state index in [1.54, 1.807) is 24.3 Å². The molecule has 0 saturated carbocycles. The third-order valence-corrected chi connectivity index (χ3v) is 3.68. The Bertz CT molecular complexity index is 692. The SMILES string of the molecule is CCOCCOCc1cccc(NC(=O)c2cccc(N)c2)c1C.Cl. The second-order valence-electron chi connectivity index (χ2n) is 5.42. The Balaban J connectivity index is 0.00000312. The highest BCUT2D eigenvalue weighted by atomic mass is 35.5. The van der Waals surface area contributed by atoms with Gasteiger partial charge in [0.05, 0.1) is 19.8 Å². The predicted molar refractivity (Wildman–Crippen MR) is 103 cm³/mol. The number of nitrogen functional groups attached to an aromatic ring is 1. The number of nitrogens with one attached hydrogen (secondary N) is 1. The normalized spacial score (nSPS) is 10.2. The molecule has 0 heterocycles. The first-order valence-electron chi connectivity index (χ1n) is 8.02. The van der Waals surface area contributed by atoms with Crippen LogP contribution in [-0.2, 0) is 16.1 Å². The number of anilines is 2. The second kappa shape index (κ2) is 10.7. The number of amides is 1. The maximum absolute atomic E-state index is 12.3. The third-order valence-electron chi connectivity index (χ3n) is 3.68. The summed E-state index contributed by atoms with van der Waals surface area (Å²) >= 11 is 0. The van der Waals surface area contributed by atoms with Gasteiger partial charge >= 0.3 is 0 Å². The van der Waals surface area contributed by atoms with Crippen molar-refractivity contribution in [2.24, 2.45) is 0 Å². The van der Waals surface area contributed by atoms with Crippen LogP contribution in [0, 0.1) is 6.92 Å². The largest absolute Gasteiger partial charge is 0.399 e. The molecule has 0 fully saturated rings. The molecule has 0 spiro atoms. The minimum atomic E-state index is -0.181. The van der Waals surface area contributed by atoms with Gasteiger partial charge < -0.3 is 20.5 Å². The quantitative estimate of drug-likeness (QED) is 0.552. The summed E-state index contributed by atoms with van der Waals surface area (Å²) in [6.45, 7) is 6.23. The van der Waals surface area contributed by atoms with Crippen LogP contribution in [0.5, 0.6) is 0 Å². The zero-order chi connectivity index (χ0) is 17.4. The van der Waals surface area contributed by atoms with Crippen molar-refractivity contribution in [1.82, 2.24) is 0 Å². The van der Waals surface area contributed by atoms with Gasteiger partial charge in [0.1, 0.15) is 0 Å².